The van der Waals surface area contributed by atoms with E-state index in [0.717, 1.165) is 11.3 Å². The number of ether oxygens (including phenoxy) is 3. The van der Waals surface area contributed by atoms with E-state index in [2.05, 4.69) is 5.10 Å². The highest BCUT2D eigenvalue weighted by molar-refractivity contribution is 5.61. The fourth-order valence-corrected chi connectivity index (χ4v) is 2.25. The molecule has 0 amide bonds. The molecule has 0 bridgehead atoms. The van der Waals surface area contributed by atoms with E-state index in [-0.39, 0.29) is 0 Å². The zero-order chi connectivity index (χ0) is 16.2. The molecule has 2 heterocycles. The SMILES string of the molecule is CCOc1cc(OCc2ccc(OC)cc2)c2cc(F)nn2c1. The average molecular weight is 316 g/mol. The first kappa shape index (κ1) is 15.1. The van der Waals surface area contributed by atoms with Gasteiger partial charge in [0.05, 0.1) is 19.9 Å². The molecule has 5 nitrogen and oxygen atoms in total. The summed E-state index contributed by atoms with van der Waals surface area (Å²) in [5, 5.41) is 3.77. The number of nitrogens with zero attached hydrogens (tertiary/aromatic N) is 2. The van der Waals surface area contributed by atoms with Crippen molar-refractivity contribution in [1.82, 2.24) is 9.61 Å². The number of halogens is 1. The summed E-state index contributed by atoms with van der Waals surface area (Å²) < 4.78 is 31.3. The molecule has 0 aliphatic carbocycles. The van der Waals surface area contributed by atoms with Gasteiger partial charge in [-0.05, 0) is 24.6 Å². The summed E-state index contributed by atoms with van der Waals surface area (Å²) in [4.78, 5) is 0. The monoisotopic (exact) mass is 316 g/mol. The Morgan fingerprint density at radius 1 is 1.09 bits per heavy atom. The van der Waals surface area contributed by atoms with Crippen molar-refractivity contribution >= 4 is 5.52 Å². The highest BCUT2D eigenvalue weighted by Gasteiger charge is 2.10. The molecule has 0 radical (unpaired) electrons. The first-order valence-electron chi connectivity index (χ1n) is 7.27. The molecule has 0 atom stereocenters. The molecule has 0 unspecified atom stereocenters. The first-order chi connectivity index (χ1) is 11.2. The van der Waals surface area contributed by atoms with Crippen LogP contribution in [0.3, 0.4) is 0 Å². The lowest BCUT2D eigenvalue weighted by Crippen LogP contribution is -2.00. The van der Waals surface area contributed by atoms with Gasteiger partial charge in [0, 0.05) is 12.1 Å². The lowest BCUT2D eigenvalue weighted by atomic mass is 10.2. The molecular weight excluding hydrogens is 299 g/mol. The van der Waals surface area contributed by atoms with Gasteiger partial charge in [0.2, 0.25) is 5.95 Å². The van der Waals surface area contributed by atoms with Crippen LogP contribution in [-0.2, 0) is 6.61 Å². The molecule has 6 heteroatoms. The second-order valence-electron chi connectivity index (χ2n) is 4.91. The number of aromatic nitrogens is 2. The minimum absolute atomic E-state index is 0.349. The second kappa shape index (κ2) is 6.56. The minimum atomic E-state index is -0.562. The third-order valence-electron chi connectivity index (χ3n) is 3.35. The van der Waals surface area contributed by atoms with Crippen LogP contribution in [-0.4, -0.2) is 23.3 Å². The first-order valence-corrected chi connectivity index (χ1v) is 7.27. The van der Waals surface area contributed by atoms with Crippen LogP contribution < -0.4 is 14.2 Å². The van der Waals surface area contributed by atoms with Gasteiger partial charge in [-0.25, -0.2) is 4.52 Å². The average Bonchev–Trinajstić information content (AvgIpc) is 2.93. The maximum Gasteiger partial charge on any atom is 0.233 e. The second-order valence-corrected chi connectivity index (χ2v) is 4.91. The predicted octanol–water partition coefficient (Wildman–Crippen LogP) is 3.46. The number of benzene rings is 1. The molecule has 23 heavy (non-hydrogen) atoms. The molecular formula is C17H17FN2O3. The standard InChI is InChI=1S/C17H17FN2O3/c1-3-22-14-8-16(15-9-17(18)19-20(15)10-14)23-11-12-4-6-13(21-2)7-5-12/h4-10H,3,11H2,1-2H3. The van der Waals surface area contributed by atoms with Crippen LogP contribution in [0.15, 0.2) is 42.6 Å². The molecule has 0 aliphatic rings. The van der Waals surface area contributed by atoms with Crippen molar-refractivity contribution in [3.8, 4) is 17.2 Å². The van der Waals surface area contributed by atoms with Crippen LogP contribution in [0, 0.1) is 5.95 Å². The van der Waals surface area contributed by atoms with E-state index in [1.807, 2.05) is 31.2 Å². The van der Waals surface area contributed by atoms with Crippen LogP contribution in [0.2, 0.25) is 0 Å². The van der Waals surface area contributed by atoms with Crippen molar-refractivity contribution in [2.75, 3.05) is 13.7 Å². The third kappa shape index (κ3) is 3.36. The van der Waals surface area contributed by atoms with Gasteiger partial charge < -0.3 is 14.2 Å². The van der Waals surface area contributed by atoms with Crippen molar-refractivity contribution in [2.24, 2.45) is 0 Å². The van der Waals surface area contributed by atoms with E-state index < -0.39 is 5.95 Å². The summed E-state index contributed by atoms with van der Waals surface area (Å²) in [6.07, 6.45) is 1.63. The Labute approximate surface area is 133 Å². The molecule has 1 aromatic carbocycles. The maximum absolute atomic E-state index is 13.4. The van der Waals surface area contributed by atoms with Gasteiger partial charge >= 0.3 is 0 Å². The van der Waals surface area contributed by atoms with Crippen LogP contribution in [0.5, 0.6) is 17.2 Å². The van der Waals surface area contributed by atoms with Gasteiger partial charge in [-0.1, -0.05) is 12.1 Å². The number of methoxy groups -OCH3 is 1. The van der Waals surface area contributed by atoms with Crippen LogP contribution >= 0.6 is 0 Å². The fraction of sp³-hybridized carbons (Fsp3) is 0.235. The van der Waals surface area contributed by atoms with Crippen molar-refractivity contribution in [3.63, 3.8) is 0 Å². The third-order valence-corrected chi connectivity index (χ3v) is 3.35. The molecule has 0 fully saturated rings. The number of hydrogen-bond acceptors (Lipinski definition) is 4. The van der Waals surface area contributed by atoms with Crippen LogP contribution in [0.4, 0.5) is 4.39 Å². The molecule has 0 saturated carbocycles. The quantitative estimate of drug-likeness (QED) is 0.698. The van der Waals surface area contributed by atoms with Gasteiger partial charge in [-0.2, -0.15) is 4.39 Å². The van der Waals surface area contributed by atoms with E-state index in [4.69, 9.17) is 14.2 Å². The Morgan fingerprint density at radius 3 is 2.57 bits per heavy atom. The zero-order valence-electron chi connectivity index (χ0n) is 13.0. The molecule has 2 aromatic heterocycles. The van der Waals surface area contributed by atoms with Gasteiger partial charge in [0.25, 0.3) is 0 Å². The molecule has 0 spiro atoms. The van der Waals surface area contributed by atoms with E-state index in [9.17, 15) is 4.39 Å². The fourth-order valence-electron chi connectivity index (χ4n) is 2.25. The Morgan fingerprint density at radius 2 is 1.87 bits per heavy atom. The Kier molecular flexibility index (Phi) is 4.32. The molecule has 3 rings (SSSR count). The van der Waals surface area contributed by atoms with Crippen molar-refractivity contribution < 1.29 is 18.6 Å². The van der Waals surface area contributed by atoms with Gasteiger partial charge in [-0.3, -0.25) is 0 Å². The van der Waals surface area contributed by atoms with Crippen LogP contribution in [0.25, 0.3) is 5.52 Å². The summed E-state index contributed by atoms with van der Waals surface area (Å²) in [5.74, 6) is 1.32. The van der Waals surface area contributed by atoms with E-state index in [1.54, 1.807) is 19.4 Å². The van der Waals surface area contributed by atoms with E-state index >= 15 is 0 Å². The summed E-state index contributed by atoms with van der Waals surface area (Å²) in [5.41, 5.74) is 1.53. The molecule has 0 N–H and O–H groups in total. The highest BCUT2D eigenvalue weighted by atomic mass is 19.1. The predicted molar refractivity (Wildman–Crippen MR) is 83.6 cm³/mol. The van der Waals surface area contributed by atoms with Gasteiger partial charge in [0.1, 0.15) is 29.4 Å². The van der Waals surface area contributed by atoms with Crippen LogP contribution in [0.1, 0.15) is 12.5 Å². The Bertz CT molecular complexity index is 799. The topological polar surface area (TPSA) is 45.0 Å². The maximum atomic E-state index is 13.4. The lowest BCUT2D eigenvalue weighted by Gasteiger charge is -2.11. The number of fused-ring (bicyclic) bond motifs is 1. The summed E-state index contributed by atoms with van der Waals surface area (Å²) >= 11 is 0. The highest BCUT2D eigenvalue weighted by Crippen LogP contribution is 2.27. The van der Waals surface area contributed by atoms with E-state index in [1.165, 1.54) is 10.6 Å². The summed E-state index contributed by atoms with van der Waals surface area (Å²) in [6.45, 7) is 2.74. The number of hydrogen-bond donors (Lipinski definition) is 0. The Balaban J connectivity index is 1.85. The van der Waals surface area contributed by atoms with Gasteiger partial charge in [0.15, 0.2) is 0 Å². The lowest BCUT2D eigenvalue weighted by molar-refractivity contribution is 0.300. The largest absolute Gasteiger partial charge is 0.497 e. The molecule has 0 aliphatic heterocycles. The molecule has 3 aromatic rings. The van der Waals surface area contributed by atoms with E-state index in [0.29, 0.717) is 30.2 Å². The van der Waals surface area contributed by atoms with Gasteiger partial charge in [-0.15, -0.1) is 5.10 Å². The normalized spacial score (nSPS) is 10.7. The smallest absolute Gasteiger partial charge is 0.233 e. The van der Waals surface area contributed by atoms with Crippen molar-refractivity contribution in [1.29, 1.82) is 0 Å². The zero-order valence-corrected chi connectivity index (χ0v) is 13.0. The minimum Gasteiger partial charge on any atom is -0.497 e. The summed E-state index contributed by atoms with van der Waals surface area (Å²) in [7, 11) is 1.62. The molecule has 0 saturated heterocycles. The number of rotatable bonds is 6. The Hall–Kier alpha value is -2.76. The summed E-state index contributed by atoms with van der Waals surface area (Å²) in [6, 6.07) is 10.6. The van der Waals surface area contributed by atoms with Crippen molar-refractivity contribution in [3.05, 3.63) is 54.1 Å². The van der Waals surface area contributed by atoms with Crippen molar-refractivity contribution in [2.45, 2.75) is 13.5 Å². The number of pyridine rings is 1. The molecule has 120 valence electrons.